The Labute approximate surface area is 131 Å². The molecule has 0 atom stereocenters. The first-order valence-corrected chi connectivity index (χ1v) is 6.83. The van der Waals surface area contributed by atoms with E-state index in [9.17, 15) is 4.79 Å². The highest BCUT2D eigenvalue weighted by atomic mass is 35.5. The van der Waals surface area contributed by atoms with Crippen LogP contribution >= 0.6 is 12.4 Å². The molecule has 114 valence electrons. The maximum absolute atomic E-state index is 12.0. The minimum atomic E-state index is -0.138. The van der Waals surface area contributed by atoms with Crippen molar-refractivity contribution < 1.29 is 4.79 Å². The van der Waals surface area contributed by atoms with Crippen molar-refractivity contribution in [1.82, 2.24) is 20.4 Å². The van der Waals surface area contributed by atoms with Gasteiger partial charge in [0.25, 0.3) is 5.91 Å². The van der Waals surface area contributed by atoms with E-state index in [2.05, 4.69) is 15.7 Å². The fourth-order valence-electron chi connectivity index (χ4n) is 1.95. The lowest BCUT2D eigenvalue weighted by Crippen LogP contribution is -2.32. The minimum Gasteiger partial charge on any atom is -0.349 e. The zero-order chi connectivity index (χ0) is 14.4. The molecule has 1 amide bonds. The summed E-state index contributed by atoms with van der Waals surface area (Å²) < 4.78 is 1.78. The van der Waals surface area contributed by atoms with Crippen LogP contribution in [0, 0.1) is 6.92 Å². The molecule has 0 spiro atoms. The Kier molecular flexibility index (Phi) is 6.91. The van der Waals surface area contributed by atoms with Crippen LogP contribution in [0.2, 0.25) is 0 Å². The number of nitrogens with zero attached hydrogens (tertiary/aromatic N) is 2. The second kappa shape index (κ2) is 8.44. The number of amides is 1. The zero-order valence-corrected chi connectivity index (χ0v) is 13.1. The number of halogens is 1. The molecule has 2 aromatic rings. The van der Waals surface area contributed by atoms with Crippen LogP contribution in [0.3, 0.4) is 0 Å². The van der Waals surface area contributed by atoms with E-state index in [0.29, 0.717) is 12.2 Å². The van der Waals surface area contributed by atoms with E-state index in [1.54, 1.807) is 10.7 Å². The third-order valence-corrected chi connectivity index (χ3v) is 2.96. The van der Waals surface area contributed by atoms with Gasteiger partial charge in [-0.25, -0.2) is 4.68 Å². The van der Waals surface area contributed by atoms with Crippen LogP contribution < -0.4 is 10.6 Å². The molecule has 0 saturated carbocycles. The second-order valence-electron chi connectivity index (χ2n) is 4.53. The third kappa shape index (κ3) is 4.58. The number of likely N-dealkylation sites (N-methyl/N-ethyl adjacent to an activating group) is 1. The van der Waals surface area contributed by atoms with Gasteiger partial charge < -0.3 is 10.6 Å². The number of hydrogen-bond donors (Lipinski definition) is 2. The summed E-state index contributed by atoms with van der Waals surface area (Å²) in [6.45, 7) is 6.24. The van der Waals surface area contributed by atoms with E-state index in [1.165, 1.54) is 0 Å². The van der Waals surface area contributed by atoms with Gasteiger partial charge >= 0.3 is 0 Å². The smallest absolute Gasteiger partial charge is 0.271 e. The molecule has 0 aliphatic heterocycles. The molecule has 0 bridgehead atoms. The molecule has 1 aromatic heterocycles. The molecule has 1 aromatic carbocycles. The topological polar surface area (TPSA) is 58.9 Å². The van der Waals surface area contributed by atoms with Gasteiger partial charge in [-0.05, 0) is 31.7 Å². The molecule has 0 unspecified atom stereocenters. The quantitative estimate of drug-likeness (QED) is 0.802. The number of aromatic nitrogens is 2. The van der Waals surface area contributed by atoms with Gasteiger partial charge in [0, 0.05) is 18.8 Å². The number of nitrogens with one attached hydrogen (secondary N) is 2. The maximum atomic E-state index is 12.0. The first kappa shape index (κ1) is 17.2. The number of benzene rings is 1. The van der Waals surface area contributed by atoms with E-state index < -0.39 is 0 Å². The number of carbonyl (C=O) groups is 1. The lowest BCUT2D eigenvalue weighted by Gasteiger charge is -2.04. The summed E-state index contributed by atoms with van der Waals surface area (Å²) in [5.74, 6) is -0.138. The first-order chi connectivity index (χ1) is 9.72. The number of hydrogen-bond acceptors (Lipinski definition) is 3. The molecule has 6 heteroatoms. The number of carbonyl (C=O) groups excluding carboxylic acids is 1. The van der Waals surface area contributed by atoms with Crippen molar-refractivity contribution in [3.63, 3.8) is 0 Å². The predicted octanol–water partition coefficient (Wildman–Crippen LogP) is 1.94. The van der Waals surface area contributed by atoms with Gasteiger partial charge in [0.2, 0.25) is 0 Å². The number of para-hydroxylation sites is 1. The highest BCUT2D eigenvalue weighted by Gasteiger charge is 2.12. The summed E-state index contributed by atoms with van der Waals surface area (Å²) in [7, 11) is 0. The minimum absolute atomic E-state index is 0. The van der Waals surface area contributed by atoms with Crippen LogP contribution in [-0.4, -0.2) is 35.3 Å². The van der Waals surface area contributed by atoms with E-state index in [4.69, 9.17) is 0 Å². The average Bonchev–Trinajstić information content (AvgIpc) is 2.86. The molecular weight excluding hydrogens is 288 g/mol. The Hall–Kier alpha value is -1.85. The Morgan fingerprint density at radius 2 is 1.95 bits per heavy atom. The molecule has 5 nitrogen and oxygen atoms in total. The summed E-state index contributed by atoms with van der Waals surface area (Å²) in [5, 5.41) is 10.4. The number of rotatable bonds is 6. The standard InChI is InChI=1S/C15H20N4O.ClH/c1-3-16-9-10-17-15(20)14-11-12(2)19(18-14)13-7-5-4-6-8-13;/h4-8,11,16H,3,9-10H2,1-2H3,(H,17,20);1H. The monoisotopic (exact) mass is 308 g/mol. The molecule has 1 heterocycles. The Balaban J connectivity index is 0.00000220. The van der Waals surface area contributed by atoms with E-state index in [1.807, 2.05) is 44.2 Å². The molecule has 2 rings (SSSR count). The zero-order valence-electron chi connectivity index (χ0n) is 12.3. The van der Waals surface area contributed by atoms with Crippen molar-refractivity contribution in [3.8, 4) is 5.69 Å². The lowest BCUT2D eigenvalue weighted by atomic mass is 10.3. The fourth-order valence-corrected chi connectivity index (χ4v) is 1.95. The van der Waals surface area contributed by atoms with E-state index in [0.717, 1.165) is 24.5 Å². The highest BCUT2D eigenvalue weighted by Crippen LogP contribution is 2.11. The SMILES string of the molecule is CCNCCNC(=O)c1cc(C)n(-c2ccccc2)n1.Cl. The maximum Gasteiger partial charge on any atom is 0.271 e. The summed E-state index contributed by atoms with van der Waals surface area (Å²) >= 11 is 0. The highest BCUT2D eigenvalue weighted by molar-refractivity contribution is 5.92. The largest absolute Gasteiger partial charge is 0.349 e. The van der Waals surface area contributed by atoms with Crippen LogP contribution in [-0.2, 0) is 0 Å². The van der Waals surface area contributed by atoms with Crippen LogP contribution in [0.4, 0.5) is 0 Å². The van der Waals surface area contributed by atoms with Crippen molar-refractivity contribution >= 4 is 18.3 Å². The molecule has 0 fully saturated rings. The Bertz CT molecular complexity index is 568. The van der Waals surface area contributed by atoms with Crippen LogP contribution in [0.25, 0.3) is 5.69 Å². The molecule has 0 aliphatic carbocycles. The molecule has 0 saturated heterocycles. The van der Waals surface area contributed by atoms with Crippen molar-refractivity contribution in [3.05, 3.63) is 47.8 Å². The van der Waals surface area contributed by atoms with Gasteiger partial charge in [-0.2, -0.15) is 5.10 Å². The van der Waals surface area contributed by atoms with Crippen molar-refractivity contribution in [2.75, 3.05) is 19.6 Å². The number of aryl methyl sites for hydroxylation is 1. The molecule has 0 aliphatic rings. The van der Waals surface area contributed by atoms with E-state index in [-0.39, 0.29) is 18.3 Å². The van der Waals surface area contributed by atoms with Crippen molar-refractivity contribution in [2.24, 2.45) is 0 Å². The predicted molar refractivity (Wildman–Crippen MR) is 86.4 cm³/mol. The fraction of sp³-hybridized carbons (Fsp3) is 0.333. The van der Waals surface area contributed by atoms with Crippen molar-refractivity contribution in [1.29, 1.82) is 0 Å². The van der Waals surface area contributed by atoms with Gasteiger partial charge in [-0.1, -0.05) is 25.1 Å². The van der Waals surface area contributed by atoms with Crippen LogP contribution in [0.5, 0.6) is 0 Å². The molecular formula is C15H21ClN4O. The summed E-state index contributed by atoms with van der Waals surface area (Å²) in [6.07, 6.45) is 0. The summed E-state index contributed by atoms with van der Waals surface area (Å²) in [4.78, 5) is 12.0. The van der Waals surface area contributed by atoms with Gasteiger partial charge in [-0.15, -0.1) is 12.4 Å². The normalized spacial score (nSPS) is 10.0. The van der Waals surface area contributed by atoms with E-state index >= 15 is 0 Å². The van der Waals surface area contributed by atoms with Gasteiger partial charge in [-0.3, -0.25) is 4.79 Å². The van der Waals surface area contributed by atoms with Crippen LogP contribution in [0.1, 0.15) is 23.1 Å². The Morgan fingerprint density at radius 1 is 1.24 bits per heavy atom. The van der Waals surface area contributed by atoms with Crippen molar-refractivity contribution in [2.45, 2.75) is 13.8 Å². The van der Waals surface area contributed by atoms with Crippen LogP contribution in [0.15, 0.2) is 36.4 Å². The summed E-state index contributed by atoms with van der Waals surface area (Å²) in [6, 6.07) is 11.6. The van der Waals surface area contributed by atoms with Gasteiger partial charge in [0.05, 0.1) is 5.69 Å². The van der Waals surface area contributed by atoms with Gasteiger partial charge in [0.1, 0.15) is 0 Å². The first-order valence-electron chi connectivity index (χ1n) is 6.83. The average molecular weight is 309 g/mol. The molecule has 2 N–H and O–H groups in total. The summed E-state index contributed by atoms with van der Waals surface area (Å²) in [5.41, 5.74) is 2.34. The Morgan fingerprint density at radius 3 is 2.62 bits per heavy atom. The lowest BCUT2D eigenvalue weighted by molar-refractivity contribution is 0.0948. The third-order valence-electron chi connectivity index (χ3n) is 2.96. The van der Waals surface area contributed by atoms with Gasteiger partial charge in [0.15, 0.2) is 5.69 Å². The molecule has 21 heavy (non-hydrogen) atoms. The molecule has 0 radical (unpaired) electrons. The second-order valence-corrected chi connectivity index (χ2v) is 4.53.